The molecular weight excluding hydrogens is 377 g/mol. The van der Waals surface area contributed by atoms with Gasteiger partial charge in [-0.25, -0.2) is 9.18 Å². The van der Waals surface area contributed by atoms with E-state index in [-0.39, 0.29) is 23.6 Å². The van der Waals surface area contributed by atoms with Crippen LogP contribution in [0.3, 0.4) is 0 Å². The second-order valence-corrected chi connectivity index (χ2v) is 8.22. The fourth-order valence-corrected chi connectivity index (χ4v) is 5.34. The van der Waals surface area contributed by atoms with Crippen LogP contribution in [-0.2, 0) is 20.8 Å². The number of nitrogens with zero attached hydrogens (tertiary/aromatic N) is 1. The van der Waals surface area contributed by atoms with Crippen molar-refractivity contribution >= 4 is 45.1 Å². The summed E-state index contributed by atoms with van der Waals surface area (Å²) in [5, 5.41) is 0.197. The standard InChI is InChI=1S/C18H20FNO4S2/c1-3-24-18(22)16-11(15-12(19)5-4-6-13(15)26-16)9-20-7-8-25-14(10-20)17(21)23-2/h4-6,14H,3,7-10H2,1-2H3/t14-/m0/s1. The molecule has 1 atom stereocenters. The van der Waals surface area contributed by atoms with Crippen molar-refractivity contribution in [2.24, 2.45) is 0 Å². The van der Waals surface area contributed by atoms with Crippen molar-refractivity contribution in [2.75, 3.05) is 32.6 Å². The first-order chi connectivity index (χ1) is 12.5. The fourth-order valence-electron chi connectivity index (χ4n) is 3.02. The zero-order chi connectivity index (χ0) is 18.7. The molecule has 0 saturated carbocycles. The minimum atomic E-state index is -0.431. The van der Waals surface area contributed by atoms with Crippen molar-refractivity contribution in [1.82, 2.24) is 4.90 Å². The number of carbonyl (C=O) groups is 2. The van der Waals surface area contributed by atoms with E-state index < -0.39 is 5.97 Å². The van der Waals surface area contributed by atoms with E-state index in [9.17, 15) is 14.0 Å². The van der Waals surface area contributed by atoms with Crippen LogP contribution in [0.2, 0.25) is 0 Å². The summed E-state index contributed by atoms with van der Waals surface area (Å²) < 4.78 is 25.2. The molecule has 0 unspecified atom stereocenters. The van der Waals surface area contributed by atoms with Gasteiger partial charge in [0, 0.05) is 41.0 Å². The lowest BCUT2D eigenvalue weighted by Crippen LogP contribution is -2.41. The SMILES string of the molecule is CCOC(=O)c1sc2cccc(F)c2c1CN1CCS[C@H](C(=O)OC)C1. The van der Waals surface area contributed by atoms with E-state index in [1.165, 1.54) is 24.5 Å². The highest BCUT2D eigenvalue weighted by Gasteiger charge is 2.29. The molecule has 1 fully saturated rings. The van der Waals surface area contributed by atoms with Gasteiger partial charge in [0.05, 0.1) is 13.7 Å². The Morgan fingerprint density at radius 3 is 2.92 bits per heavy atom. The highest BCUT2D eigenvalue weighted by atomic mass is 32.2. The zero-order valence-electron chi connectivity index (χ0n) is 14.6. The molecule has 1 aromatic heterocycles. The molecule has 0 amide bonds. The Morgan fingerprint density at radius 2 is 2.19 bits per heavy atom. The van der Waals surface area contributed by atoms with Gasteiger partial charge in [-0.2, -0.15) is 0 Å². The normalized spacial score (nSPS) is 18.0. The van der Waals surface area contributed by atoms with E-state index in [2.05, 4.69) is 4.90 Å². The van der Waals surface area contributed by atoms with Gasteiger partial charge in [-0.3, -0.25) is 9.69 Å². The minimum Gasteiger partial charge on any atom is -0.468 e. The molecule has 1 aromatic carbocycles. The van der Waals surface area contributed by atoms with E-state index in [1.807, 2.05) is 0 Å². The van der Waals surface area contributed by atoms with Gasteiger partial charge < -0.3 is 9.47 Å². The number of carbonyl (C=O) groups excluding carboxylic acids is 2. The van der Waals surface area contributed by atoms with Gasteiger partial charge in [-0.15, -0.1) is 23.1 Å². The fraction of sp³-hybridized carbons (Fsp3) is 0.444. The summed E-state index contributed by atoms with van der Waals surface area (Å²) in [6.07, 6.45) is 0. The van der Waals surface area contributed by atoms with Gasteiger partial charge in [0.1, 0.15) is 15.9 Å². The third-order valence-electron chi connectivity index (χ3n) is 4.22. The van der Waals surface area contributed by atoms with Crippen molar-refractivity contribution < 1.29 is 23.5 Å². The molecule has 26 heavy (non-hydrogen) atoms. The maximum Gasteiger partial charge on any atom is 0.348 e. The molecular formula is C18H20FNO4S2. The van der Waals surface area contributed by atoms with Gasteiger partial charge in [-0.1, -0.05) is 6.07 Å². The number of rotatable bonds is 5. The molecule has 8 heteroatoms. The summed E-state index contributed by atoms with van der Waals surface area (Å²) in [6, 6.07) is 4.84. The van der Waals surface area contributed by atoms with Crippen molar-refractivity contribution in [2.45, 2.75) is 18.7 Å². The number of esters is 2. The molecule has 1 aliphatic rings. The summed E-state index contributed by atoms with van der Waals surface area (Å²) in [6.45, 7) is 3.66. The lowest BCUT2D eigenvalue weighted by atomic mass is 10.1. The summed E-state index contributed by atoms with van der Waals surface area (Å²) in [5.74, 6) is -0.259. The third kappa shape index (κ3) is 3.87. The molecule has 0 aliphatic carbocycles. The van der Waals surface area contributed by atoms with Gasteiger partial charge in [0.25, 0.3) is 0 Å². The number of methoxy groups -OCH3 is 1. The second kappa shape index (κ2) is 8.37. The number of benzene rings is 1. The first-order valence-electron chi connectivity index (χ1n) is 8.34. The Balaban J connectivity index is 1.94. The van der Waals surface area contributed by atoms with E-state index in [0.717, 1.165) is 17.0 Å². The average Bonchev–Trinajstić information content (AvgIpc) is 3.01. The van der Waals surface area contributed by atoms with Crippen LogP contribution in [0.4, 0.5) is 4.39 Å². The number of thiophene rings is 1. The second-order valence-electron chi connectivity index (χ2n) is 5.86. The molecule has 0 bridgehead atoms. The van der Waals surface area contributed by atoms with E-state index in [1.54, 1.807) is 30.8 Å². The van der Waals surface area contributed by atoms with Crippen molar-refractivity contribution in [3.05, 3.63) is 34.5 Å². The number of hydrogen-bond acceptors (Lipinski definition) is 7. The van der Waals surface area contributed by atoms with Crippen LogP contribution in [-0.4, -0.2) is 54.6 Å². The number of thioether (sulfide) groups is 1. The Hall–Kier alpha value is -1.64. The molecule has 140 valence electrons. The summed E-state index contributed by atoms with van der Waals surface area (Å²) in [4.78, 5) is 26.7. The Morgan fingerprint density at radius 1 is 1.38 bits per heavy atom. The van der Waals surface area contributed by atoms with Crippen molar-refractivity contribution in [1.29, 1.82) is 0 Å². The van der Waals surface area contributed by atoms with Crippen molar-refractivity contribution in [3.8, 4) is 0 Å². The Labute approximate surface area is 159 Å². The monoisotopic (exact) mass is 397 g/mol. The molecule has 0 N–H and O–H groups in total. The summed E-state index contributed by atoms with van der Waals surface area (Å²) >= 11 is 2.81. The zero-order valence-corrected chi connectivity index (χ0v) is 16.3. The predicted octanol–water partition coefficient (Wildman–Crippen LogP) is 3.31. The highest BCUT2D eigenvalue weighted by Crippen LogP contribution is 2.35. The summed E-state index contributed by atoms with van der Waals surface area (Å²) in [5.41, 5.74) is 0.636. The minimum absolute atomic E-state index is 0.258. The van der Waals surface area contributed by atoms with Crippen LogP contribution >= 0.6 is 23.1 Å². The van der Waals surface area contributed by atoms with Crippen molar-refractivity contribution in [3.63, 3.8) is 0 Å². The van der Waals surface area contributed by atoms with E-state index >= 15 is 0 Å². The first kappa shape index (κ1) is 19.1. The number of hydrogen-bond donors (Lipinski definition) is 0. The van der Waals surface area contributed by atoms with Crippen LogP contribution < -0.4 is 0 Å². The van der Waals surface area contributed by atoms with Crippen LogP contribution in [0.1, 0.15) is 22.2 Å². The molecule has 1 aliphatic heterocycles. The molecule has 2 aromatic rings. The quantitative estimate of drug-likeness (QED) is 0.722. The first-order valence-corrected chi connectivity index (χ1v) is 10.2. The number of fused-ring (bicyclic) bond motifs is 1. The van der Waals surface area contributed by atoms with Gasteiger partial charge in [-0.05, 0) is 19.1 Å². The van der Waals surface area contributed by atoms with E-state index in [0.29, 0.717) is 28.9 Å². The Kier molecular flexibility index (Phi) is 6.16. The van der Waals surface area contributed by atoms with Gasteiger partial charge in [0.15, 0.2) is 0 Å². The van der Waals surface area contributed by atoms with Crippen LogP contribution in [0, 0.1) is 5.82 Å². The lowest BCUT2D eigenvalue weighted by molar-refractivity contribution is -0.140. The number of ether oxygens (including phenoxy) is 2. The van der Waals surface area contributed by atoms with Crippen LogP contribution in [0.25, 0.3) is 10.1 Å². The highest BCUT2D eigenvalue weighted by molar-refractivity contribution is 8.00. The Bertz CT molecular complexity index is 823. The largest absolute Gasteiger partial charge is 0.468 e. The topological polar surface area (TPSA) is 55.8 Å². The van der Waals surface area contributed by atoms with E-state index in [4.69, 9.17) is 9.47 Å². The number of halogens is 1. The summed E-state index contributed by atoms with van der Waals surface area (Å²) in [7, 11) is 1.38. The van der Waals surface area contributed by atoms with Gasteiger partial charge >= 0.3 is 11.9 Å². The van der Waals surface area contributed by atoms with Crippen LogP contribution in [0.5, 0.6) is 0 Å². The molecule has 3 rings (SSSR count). The van der Waals surface area contributed by atoms with Crippen LogP contribution in [0.15, 0.2) is 18.2 Å². The molecule has 1 saturated heterocycles. The average molecular weight is 397 g/mol. The maximum atomic E-state index is 14.5. The maximum absolute atomic E-state index is 14.5. The van der Waals surface area contributed by atoms with Gasteiger partial charge in [0.2, 0.25) is 0 Å². The molecule has 0 radical (unpaired) electrons. The molecule has 5 nitrogen and oxygen atoms in total. The molecule has 0 spiro atoms. The lowest BCUT2D eigenvalue weighted by Gasteiger charge is -2.31. The smallest absolute Gasteiger partial charge is 0.348 e. The molecule has 2 heterocycles. The third-order valence-corrected chi connectivity index (χ3v) is 6.56. The predicted molar refractivity (Wildman–Crippen MR) is 101 cm³/mol.